The Hall–Kier alpha value is -1.71. The van der Waals surface area contributed by atoms with Crippen LogP contribution >= 0.6 is 23.1 Å². The lowest BCUT2D eigenvalue weighted by Gasteiger charge is -2.27. The van der Waals surface area contributed by atoms with Crippen LogP contribution < -0.4 is 4.90 Å². The molecule has 1 aliphatic carbocycles. The van der Waals surface area contributed by atoms with Crippen molar-refractivity contribution in [3.63, 3.8) is 0 Å². The van der Waals surface area contributed by atoms with Gasteiger partial charge in [-0.2, -0.15) is 0 Å². The first-order valence-electron chi connectivity index (χ1n) is 8.88. The van der Waals surface area contributed by atoms with Gasteiger partial charge in [0.05, 0.1) is 13.2 Å². The fraction of sp³-hybridized carbons (Fsp3) is 0.529. The molecule has 0 amide bonds. The molecule has 4 heterocycles. The molecule has 136 valence electrons. The molecule has 0 N–H and O–H groups in total. The monoisotopic (exact) mass is 388 g/mol. The largest absolute Gasteiger partial charge is 0.378 e. The summed E-state index contributed by atoms with van der Waals surface area (Å²) >= 11 is 3.34. The normalized spacial score (nSPS) is 18.0. The molecule has 0 aromatic carbocycles. The van der Waals surface area contributed by atoms with E-state index in [2.05, 4.69) is 43.5 Å². The minimum Gasteiger partial charge on any atom is -0.378 e. The summed E-state index contributed by atoms with van der Waals surface area (Å²) in [4.78, 5) is 13.6. The number of morpholine rings is 1. The van der Waals surface area contributed by atoms with E-state index in [1.165, 1.54) is 23.3 Å². The zero-order valence-electron chi connectivity index (χ0n) is 14.8. The predicted molar refractivity (Wildman–Crippen MR) is 102 cm³/mol. The SMILES string of the molecule is Cc1sc2ncnc(Sc3nnc(N4CCOCC4)n3C3CC3)c2c1C. The quantitative estimate of drug-likeness (QED) is 0.636. The maximum atomic E-state index is 5.48. The second kappa shape index (κ2) is 6.47. The van der Waals surface area contributed by atoms with E-state index < -0.39 is 0 Å². The molecule has 3 aromatic rings. The molecule has 1 saturated heterocycles. The Morgan fingerprint density at radius 3 is 2.73 bits per heavy atom. The highest BCUT2D eigenvalue weighted by molar-refractivity contribution is 7.99. The van der Waals surface area contributed by atoms with Crippen LogP contribution in [-0.4, -0.2) is 51.0 Å². The first kappa shape index (κ1) is 16.5. The van der Waals surface area contributed by atoms with Gasteiger partial charge in [0.1, 0.15) is 16.2 Å². The molecule has 2 fully saturated rings. The fourth-order valence-electron chi connectivity index (χ4n) is 3.28. The molecule has 26 heavy (non-hydrogen) atoms. The lowest BCUT2D eigenvalue weighted by Crippen LogP contribution is -2.38. The van der Waals surface area contributed by atoms with E-state index >= 15 is 0 Å². The number of ether oxygens (including phenoxy) is 1. The number of hydrogen-bond acceptors (Lipinski definition) is 8. The van der Waals surface area contributed by atoms with Crippen molar-refractivity contribution in [1.82, 2.24) is 24.7 Å². The number of nitrogens with zero attached hydrogens (tertiary/aromatic N) is 6. The molecule has 0 bridgehead atoms. The van der Waals surface area contributed by atoms with Crippen molar-refractivity contribution in [2.45, 2.75) is 42.9 Å². The van der Waals surface area contributed by atoms with Gasteiger partial charge in [-0.25, -0.2) is 9.97 Å². The van der Waals surface area contributed by atoms with E-state index in [9.17, 15) is 0 Å². The Bertz CT molecular complexity index is 958. The summed E-state index contributed by atoms with van der Waals surface area (Å²) in [5.74, 6) is 0.974. The minimum atomic E-state index is 0.507. The van der Waals surface area contributed by atoms with Crippen molar-refractivity contribution >= 4 is 39.3 Å². The van der Waals surface area contributed by atoms with E-state index in [0.29, 0.717) is 6.04 Å². The molecule has 0 unspecified atom stereocenters. The smallest absolute Gasteiger partial charge is 0.228 e. The molecule has 0 atom stereocenters. The summed E-state index contributed by atoms with van der Waals surface area (Å²) < 4.78 is 7.79. The maximum absolute atomic E-state index is 5.48. The van der Waals surface area contributed by atoms with Crippen LogP contribution in [0.15, 0.2) is 16.5 Å². The lowest BCUT2D eigenvalue weighted by atomic mass is 10.2. The molecule has 0 radical (unpaired) electrons. The molecule has 1 saturated carbocycles. The Morgan fingerprint density at radius 1 is 1.15 bits per heavy atom. The van der Waals surface area contributed by atoms with Gasteiger partial charge in [0.25, 0.3) is 0 Å². The molecular weight excluding hydrogens is 368 g/mol. The molecular formula is C17H20N6OS2. The highest BCUT2D eigenvalue weighted by Gasteiger charge is 2.32. The minimum absolute atomic E-state index is 0.507. The summed E-state index contributed by atoms with van der Waals surface area (Å²) in [5.41, 5.74) is 1.26. The van der Waals surface area contributed by atoms with Crippen LogP contribution in [-0.2, 0) is 4.74 Å². The summed E-state index contributed by atoms with van der Waals surface area (Å²) in [6.07, 6.45) is 4.04. The Labute approximate surface area is 159 Å². The molecule has 5 rings (SSSR count). The van der Waals surface area contributed by atoms with Crippen molar-refractivity contribution in [2.24, 2.45) is 0 Å². The molecule has 3 aromatic heterocycles. The van der Waals surface area contributed by atoms with Crippen LogP contribution in [0.4, 0.5) is 5.95 Å². The average molecular weight is 389 g/mol. The molecule has 0 spiro atoms. The number of rotatable bonds is 4. The van der Waals surface area contributed by atoms with E-state index in [0.717, 1.165) is 52.7 Å². The van der Waals surface area contributed by atoms with Crippen LogP contribution in [0.2, 0.25) is 0 Å². The van der Waals surface area contributed by atoms with Crippen molar-refractivity contribution in [1.29, 1.82) is 0 Å². The van der Waals surface area contributed by atoms with Crippen molar-refractivity contribution in [3.8, 4) is 0 Å². The average Bonchev–Trinajstić information content (AvgIpc) is 3.35. The number of fused-ring (bicyclic) bond motifs is 1. The van der Waals surface area contributed by atoms with E-state index in [1.54, 1.807) is 29.4 Å². The zero-order chi connectivity index (χ0) is 17.7. The highest BCUT2D eigenvalue weighted by atomic mass is 32.2. The first-order valence-corrected chi connectivity index (χ1v) is 10.5. The number of aromatic nitrogens is 5. The Morgan fingerprint density at radius 2 is 1.96 bits per heavy atom. The van der Waals surface area contributed by atoms with Gasteiger partial charge in [-0.05, 0) is 44.0 Å². The molecule has 2 aliphatic rings. The summed E-state index contributed by atoms with van der Waals surface area (Å²) in [6.45, 7) is 7.53. The number of hydrogen-bond donors (Lipinski definition) is 0. The van der Waals surface area contributed by atoms with Crippen LogP contribution in [0.1, 0.15) is 29.3 Å². The van der Waals surface area contributed by atoms with E-state index in [1.807, 2.05) is 0 Å². The van der Waals surface area contributed by atoms with Gasteiger partial charge in [-0.3, -0.25) is 4.57 Å². The van der Waals surface area contributed by atoms with E-state index in [4.69, 9.17) is 4.74 Å². The fourth-order valence-corrected chi connectivity index (χ4v) is 5.38. The van der Waals surface area contributed by atoms with Gasteiger partial charge in [0, 0.05) is 29.4 Å². The van der Waals surface area contributed by atoms with Crippen LogP contribution in [0.25, 0.3) is 10.2 Å². The topological polar surface area (TPSA) is 69.0 Å². The summed E-state index contributed by atoms with van der Waals surface area (Å²) in [5, 5.41) is 12.1. The van der Waals surface area contributed by atoms with Crippen LogP contribution in [0.3, 0.4) is 0 Å². The standard InChI is InChI=1S/C17H20N6OS2/c1-10-11(2)25-14-13(10)15(19-9-18-14)26-17-21-20-16(23(17)12-3-4-12)22-5-7-24-8-6-22/h9,12H,3-8H2,1-2H3. The summed E-state index contributed by atoms with van der Waals surface area (Å²) in [6, 6.07) is 0.507. The van der Waals surface area contributed by atoms with Crippen LogP contribution in [0, 0.1) is 13.8 Å². The third kappa shape index (κ3) is 2.78. The zero-order valence-corrected chi connectivity index (χ0v) is 16.4. The van der Waals surface area contributed by atoms with Gasteiger partial charge < -0.3 is 9.64 Å². The van der Waals surface area contributed by atoms with Crippen LogP contribution in [0.5, 0.6) is 0 Å². The number of thiophene rings is 1. The van der Waals surface area contributed by atoms with Gasteiger partial charge in [0.15, 0.2) is 5.16 Å². The van der Waals surface area contributed by atoms with Crippen molar-refractivity contribution in [2.75, 3.05) is 31.2 Å². The predicted octanol–water partition coefficient (Wildman–Crippen LogP) is 3.22. The maximum Gasteiger partial charge on any atom is 0.228 e. The highest BCUT2D eigenvalue weighted by Crippen LogP contribution is 2.43. The Kier molecular flexibility index (Phi) is 4.10. The molecule has 7 nitrogen and oxygen atoms in total. The summed E-state index contributed by atoms with van der Waals surface area (Å²) in [7, 11) is 0. The first-order chi connectivity index (χ1) is 12.7. The second-order valence-electron chi connectivity index (χ2n) is 6.73. The number of aryl methyl sites for hydroxylation is 2. The van der Waals surface area contributed by atoms with Gasteiger partial charge >= 0.3 is 0 Å². The molecule has 9 heteroatoms. The Balaban J connectivity index is 1.54. The second-order valence-corrected chi connectivity index (χ2v) is 8.89. The number of anilines is 1. The van der Waals surface area contributed by atoms with Gasteiger partial charge in [0.2, 0.25) is 5.95 Å². The van der Waals surface area contributed by atoms with Crippen molar-refractivity contribution in [3.05, 3.63) is 16.8 Å². The van der Waals surface area contributed by atoms with Gasteiger partial charge in [-0.15, -0.1) is 21.5 Å². The van der Waals surface area contributed by atoms with Crippen molar-refractivity contribution < 1.29 is 4.74 Å². The third-order valence-electron chi connectivity index (χ3n) is 4.97. The molecule has 1 aliphatic heterocycles. The lowest BCUT2D eigenvalue weighted by molar-refractivity contribution is 0.121. The van der Waals surface area contributed by atoms with Gasteiger partial charge in [-0.1, -0.05) is 0 Å². The third-order valence-corrected chi connectivity index (χ3v) is 7.05. The van der Waals surface area contributed by atoms with E-state index in [-0.39, 0.29) is 0 Å².